The van der Waals surface area contributed by atoms with Gasteiger partial charge in [-0.1, -0.05) is 0 Å². The van der Waals surface area contributed by atoms with Gasteiger partial charge in [-0.25, -0.2) is 12.8 Å². The van der Waals surface area contributed by atoms with Gasteiger partial charge >= 0.3 is 0 Å². The molecule has 2 aromatic rings. The molecule has 0 aromatic heterocycles. The number of anilines is 2. The van der Waals surface area contributed by atoms with Crippen molar-refractivity contribution < 1.29 is 22.3 Å². The smallest absolute Gasteiger partial charge is 0.262 e. The molecule has 1 amide bonds. The molecule has 1 aliphatic heterocycles. The van der Waals surface area contributed by atoms with E-state index in [4.69, 9.17) is 4.74 Å². The first-order valence-corrected chi connectivity index (χ1v) is 8.99. The van der Waals surface area contributed by atoms with Gasteiger partial charge in [0.1, 0.15) is 16.5 Å². The lowest BCUT2D eigenvalue weighted by Crippen LogP contribution is -2.51. The predicted octanol–water partition coefficient (Wildman–Crippen LogP) is 1.89. The number of nitrogens with one attached hydrogen (secondary N) is 3. The predicted molar refractivity (Wildman–Crippen MR) is 90.4 cm³/mol. The van der Waals surface area contributed by atoms with Crippen molar-refractivity contribution in [2.24, 2.45) is 0 Å². The van der Waals surface area contributed by atoms with Gasteiger partial charge in [-0.05, 0) is 49.4 Å². The summed E-state index contributed by atoms with van der Waals surface area (Å²) in [5.41, 5.74) is 0.505. The molecule has 0 saturated carbocycles. The first-order valence-electron chi connectivity index (χ1n) is 7.51. The van der Waals surface area contributed by atoms with Crippen molar-refractivity contribution in [1.29, 1.82) is 0 Å². The molecule has 0 unspecified atom stereocenters. The van der Waals surface area contributed by atoms with Crippen molar-refractivity contribution in [3.63, 3.8) is 0 Å². The van der Waals surface area contributed by atoms with Crippen molar-refractivity contribution >= 4 is 27.3 Å². The Morgan fingerprint density at radius 1 is 1.24 bits per heavy atom. The van der Waals surface area contributed by atoms with Gasteiger partial charge in [-0.3, -0.25) is 4.79 Å². The first kappa shape index (κ1) is 17.2. The summed E-state index contributed by atoms with van der Waals surface area (Å²) in [6.07, 6.45) is -1.26. The minimum atomic E-state index is -3.92. The van der Waals surface area contributed by atoms with E-state index in [0.717, 1.165) is 18.2 Å². The summed E-state index contributed by atoms with van der Waals surface area (Å²) in [6, 6.07) is 9.84. The molecule has 0 fully saturated rings. The van der Waals surface area contributed by atoms with Gasteiger partial charge < -0.3 is 15.4 Å². The quantitative estimate of drug-likeness (QED) is 0.769. The van der Waals surface area contributed by atoms with Crippen LogP contribution in [0.2, 0.25) is 0 Å². The molecular formula is C16H16FN3O4S. The van der Waals surface area contributed by atoms with E-state index in [9.17, 15) is 17.6 Å². The maximum Gasteiger partial charge on any atom is 0.262 e. The summed E-state index contributed by atoms with van der Waals surface area (Å²) in [6.45, 7) is 2.38. The van der Waals surface area contributed by atoms with Crippen molar-refractivity contribution in [2.45, 2.75) is 18.0 Å². The zero-order chi connectivity index (χ0) is 18.0. The number of benzene rings is 2. The van der Waals surface area contributed by atoms with E-state index < -0.39 is 27.9 Å². The van der Waals surface area contributed by atoms with Crippen LogP contribution in [0.4, 0.5) is 15.8 Å². The lowest BCUT2D eigenvalue weighted by Gasteiger charge is -2.27. The molecule has 9 heteroatoms. The Hall–Kier alpha value is -2.65. The monoisotopic (exact) mass is 365 g/mol. The Bertz CT molecular complexity index is 900. The highest BCUT2D eigenvalue weighted by Crippen LogP contribution is 2.27. The third-order valence-corrected chi connectivity index (χ3v) is 4.98. The minimum Gasteiger partial charge on any atom is -0.494 e. The molecule has 1 heterocycles. The van der Waals surface area contributed by atoms with E-state index in [1.54, 1.807) is 24.3 Å². The number of sulfonamides is 1. The second kappa shape index (κ2) is 6.69. The van der Waals surface area contributed by atoms with Gasteiger partial charge in [0.25, 0.3) is 5.91 Å². The number of carbonyl (C=O) groups excluding carboxylic acids is 1. The number of amides is 1. The molecular weight excluding hydrogens is 349 g/mol. The van der Waals surface area contributed by atoms with E-state index >= 15 is 0 Å². The highest BCUT2D eigenvalue weighted by Gasteiger charge is 2.33. The summed E-state index contributed by atoms with van der Waals surface area (Å²) in [5, 5.41) is 5.26. The zero-order valence-electron chi connectivity index (χ0n) is 13.2. The van der Waals surface area contributed by atoms with E-state index in [1.807, 2.05) is 6.92 Å². The fraction of sp³-hybridized carbons (Fsp3) is 0.188. The van der Waals surface area contributed by atoms with E-state index in [2.05, 4.69) is 15.4 Å². The zero-order valence-corrected chi connectivity index (χ0v) is 14.1. The van der Waals surface area contributed by atoms with Gasteiger partial charge in [0, 0.05) is 5.69 Å². The Morgan fingerprint density at radius 2 is 1.96 bits per heavy atom. The van der Waals surface area contributed by atoms with Crippen molar-refractivity contribution in [1.82, 2.24) is 4.72 Å². The molecule has 0 bridgehead atoms. The van der Waals surface area contributed by atoms with Crippen LogP contribution in [0.3, 0.4) is 0 Å². The second-order valence-electron chi connectivity index (χ2n) is 5.29. The molecule has 0 spiro atoms. The summed E-state index contributed by atoms with van der Waals surface area (Å²) >= 11 is 0. The number of ether oxygens (including phenoxy) is 1. The summed E-state index contributed by atoms with van der Waals surface area (Å²) in [5.74, 6) is -0.571. The van der Waals surface area contributed by atoms with Crippen LogP contribution in [0, 0.1) is 5.82 Å². The third kappa shape index (κ3) is 3.72. The molecule has 3 N–H and O–H groups in total. The highest BCUT2D eigenvalue weighted by molar-refractivity contribution is 7.89. The largest absolute Gasteiger partial charge is 0.494 e. The van der Waals surface area contributed by atoms with Crippen molar-refractivity contribution in [3.05, 3.63) is 48.3 Å². The van der Waals surface area contributed by atoms with Crippen LogP contribution in [0.1, 0.15) is 6.92 Å². The number of rotatable bonds is 4. The van der Waals surface area contributed by atoms with Crippen molar-refractivity contribution in [3.8, 4) is 5.75 Å². The molecule has 1 aliphatic rings. The first-order chi connectivity index (χ1) is 11.9. The highest BCUT2D eigenvalue weighted by atomic mass is 32.2. The summed E-state index contributed by atoms with van der Waals surface area (Å²) < 4.78 is 45.3. The van der Waals surface area contributed by atoms with Gasteiger partial charge in [-0.15, -0.1) is 0 Å². The van der Waals surface area contributed by atoms with Gasteiger partial charge in [-0.2, -0.15) is 4.72 Å². The fourth-order valence-corrected chi connectivity index (χ4v) is 3.65. The number of fused-ring (bicyclic) bond motifs is 1. The molecule has 2 aromatic carbocycles. The lowest BCUT2D eigenvalue weighted by atomic mass is 10.2. The Balaban J connectivity index is 1.77. The average Bonchev–Trinajstić information content (AvgIpc) is 2.55. The number of carbonyl (C=O) groups is 1. The van der Waals surface area contributed by atoms with Crippen LogP contribution in [-0.2, 0) is 14.8 Å². The van der Waals surface area contributed by atoms with Crippen LogP contribution in [0.5, 0.6) is 5.75 Å². The minimum absolute atomic E-state index is 0.0330. The Morgan fingerprint density at radius 3 is 2.64 bits per heavy atom. The normalized spacial score (nSPS) is 17.9. The molecule has 0 radical (unpaired) electrons. The van der Waals surface area contributed by atoms with Crippen LogP contribution in [0.15, 0.2) is 47.4 Å². The topological polar surface area (TPSA) is 96.5 Å². The van der Waals surface area contributed by atoms with Gasteiger partial charge in [0.2, 0.25) is 10.0 Å². The fourth-order valence-electron chi connectivity index (χ4n) is 2.39. The van der Waals surface area contributed by atoms with Crippen molar-refractivity contribution in [2.75, 3.05) is 17.2 Å². The molecule has 25 heavy (non-hydrogen) atoms. The van der Waals surface area contributed by atoms with E-state index in [-0.39, 0.29) is 10.6 Å². The molecule has 132 valence electrons. The molecule has 1 atom stereocenters. The Labute approximate surface area is 144 Å². The summed E-state index contributed by atoms with van der Waals surface area (Å²) in [7, 11) is -3.92. The number of hydrogen-bond donors (Lipinski definition) is 3. The second-order valence-corrected chi connectivity index (χ2v) is 6.97. The lowest BCUT2D eigenvalue weighted by molar-refractivity contribution is -0.117. The van der Waals surface area contributed by atoms with Gasteiger partial charge in [0.15, 0.2) is 6.17 Å². The molecule has 3 rings (SSSR count). The van der Waals surface area contributed by atoms with Crippen LogP contribution in [0.25, 0.3) is 0 Å². The SMILES string of the molecule is CCOc1ccc(NC(=O)[C@H]2Nc3cc(F)ccc3S(=O)(=O)N2)cc1. The standard InChI is InChI=1S/C16H16FN3O4S/c1-2-24-12-6-4-11(5-7-12)18-16(21)15-19-13-9-10(17)3-8-14(13)25(22,23)20-15/h3-9,15,19-20H,2H2,1H3,(H,18,21)/t15-/m0/s1. The maximum absolute atomic E-state index is 13.4. The Kier molecular flexibility index (Phi) is 4.60. The van der Waals surface area contributed by atoms with E-state index in [0.29, 0.717) is 18.0 Å². The summed E-state index contributed by atoms with van der Waals surface area (Å²) in [4.78, 5) is 12.2. The van der Waals surface area contributed by atoms with Crippen LogP contribution in [-0.4, -0.2) is 27.1 Å². The van der Waals surface area contributed by atoms with Gasteiger partial charge in [0.05, 0.1) is 12.3 Å². The average molecular weight is 365 g/mol. The molecule has 0 saturated heterocycles. The molecule has 0 aliphatic carbocycles. The van der Waals surface area contributed by atoms with Crippen LogP contribution >= 0.6 is 0 Å². The third-order valence-electron chi connectivity index (χ3n) is 3.50. The molecule has 7 nitrogen and oxygen atoms in total. The van der Waals surface area contributed by atoms with E-state index in [1.165, 1.54) is 0 Å². The maximum atomic E-state index is 13.4. The number of halogens is 1. The number of hydrogen-bond acceptors (Lipinski definition) is 5. The van der Waals surface area contributed by atoms with Crippen LogP contribution < -0.4 is 20.1 Å².